The van der Waals surface area contributed by atoms with Gasteiger partial charge in [0.05, 0.1) is 4.90 Å². The predicted octanol–water partition coefficient (Wildman–Crippen LogP) is 4.19. The molecule has 2 aromatic rings. The minimum absolute atomic E-state index is 0.277. The van der Waals surface area contributed by atoms with Crippen molar-refractivity contribution in [2.45, 2.75) is 29.2 Å². The molecule has 0 saturated heterocycles. The monoisotopic (exact) mass is 355 g/mol. The topological polar surface area (TPSA) is 46.2 Å². The molecule has 0 fully saturated rings. The minimum Gasteiger partial charge on any atom is -0.207 e. The first-order valence-corrected chi connectivity index (χ1v) is 9.61. The molecule has 1 N–H and O–H groups in total. The summed E-state index contributed by atoms with van der Waals surface area (Å²) in [5, 5.41) is 0.688. The molecule has 3 nitrogen and oxygen atoms in total. The highest BCUT2D eigenvalue weighted by Gasteiger charge is 2.26. The third-order valence-corrected chi connectivity index (χ3v) is 6.32. The molecule has 0 saturated carbocycles. The lowest BCUT2D eigenvalue weighted by atomic mass is 10.1. The third-order valence-electron chi connectivity index (χ3n) is 2.88. The Bertz CT molecular complexity index is 714. The minimum atomic E-state index is -3.51. The summed E-state index contributed by atoms with van der Waals surface area (Å²) < 4.78 is 27.5. The Hall–Kier alpha value is -1.01. The number of rotatable bonds is 6. The average Bonchev–Trinajstić information content (AvgIpc) is 2.47. The maximum atomic E-state index is 12.4. The van der Waals surface area contributed by atoms with Gasteiger partial charge in [-0.05, 0) is 50.2 Å². The molecule has 0 aliphatic heterocycles. The first-order chi connectivity index (χ1) is 10.3. The number of benzene rings is 2. The molecule has 0 aliphatic rings. The average molecular weight is 356 g/mol. The summed E-state index contributed by atoms with van der Waals surface area (Å²) in [4.78, 5) is 1.33. The summed E-state index contributed by atoms with van der Waals surface area (Å²) in [6.07, 6.45) is 0. The molecule has 2 rings (SSSR count). The zero-order valence-electron chi connectivity index (χ0n) is 12.4. The highest BCUT2D eigenvalue weighted by atomic mass is 35.5. The molecule has 0 aliphatic carbocycles. The third kappa shape index (κ3) is 5.02. The highest BCUT2D eigenvalue weighted by molar-refractivity contribution is 7.99. The molecule has 0 amide bonds. The van der Waals surface area contributed by atoms with E-state index in [4.69, 9.17) is 11.6 Å². The van der Waals surface area contributed by atoms with E-state index < -0.39 is 15.6 Å². The van der Waals surface area contributed by atoms with E-state index >= 15 is 0 Å². The molecular weight excluding hydrogens is 338 g/mol. The summed E-state index contributed by atoms with van der Waals surface area (Å²) in [6, 6.07) is 15.9. The number of thioether (sulfide) groups is 1. The van der Waals surface area contributed by atoms with Crippen molar-refractivity contribution in [3.63, 3.8) is 0 Å². The van der Waals surface area contributed by atoms with Crippen LogP contribution in [0.4, 0.5) is 0 Å². The van der Waals surface area contributed by atoms with Crippen molar-refractivity contribution in [2.75, 3.05) is 5.75 Å². The van der Waals surface area contributed by atoms with E-state index in [0.29, 0.717) is 10.8 Å². The fourth-order valence-electron chi connectivity index (χ4n) is 1.85. The maximum Gasteiger partial charge on any atom is 0.241 e. The van der Waals surface area contributed by atoms with Crippen LogP contribution in [0.2, 0.25) is 5.02 Å². The number of hydrogen-bond donors (Lipinski definition) is 1. The van der Waals surface area contributed by atoms with E-state index in [1.54, 1.807) is 42.1 Å². The van der Waals surface area contributed by atoms with Crippen molar-refractivity contribution in [1.82, 2.24) is 4.72 Å². The Morgan fingerprint density at radius 2 is 1.64 bits per heavy atom. The van der Waals surface area contributed by atoms with E-state index in [-0.39, 0.29) is 4.90 Å². The fourth-order valence-corrected chi connectivity index (χ4v) is 4.42. The van der Waals surface area contributed by atoms with Gasteiger partial charge in [0.15, 0.2) is 0 Å². The van der Waals surface area contributed by atoms with Crippen molar-refractivity contribution >= 4 is 33.4 Å². The molecule has 0 spiro atoms. The Morgan fingerprint density at radius 3 is 2.23 bits per heavy atom. The number of sulfonamides is 1. The summed E-state index contributed by atoms with van der Waals surface area (Å²) in [5.41, 5.74) is -0.570. The quantitative estimate of drug-likeness (QED) is 0.790. The number of nitrogens with one attached hydrogen (secondary N) is 1. The van der Waals surface area contributed by atoms with Crippen LogP contribution in [0.15, 0.2) is 64.4 Å². The number of halogens is 1. The van der Waals surface area contributed by atoms with Gasteiger partial charge in [-0.25, -0.2) is 13.1 Å². The van der Waals surface area contributed by atoms with Gasteiger partial charge in [-0.3, -0.25) is 0 Å². The largest absolute Gasteiger partial charge is 0.241 e. The molecular formula is C16H18ClNO2S2. The van der Waals surface area contributed by atoms with Crippen molar-refractivity contribution in [3.05, 3.63) is 59.6 Å². The van der Waals surface area contributed by atoms with Crippen LogP contribution in [-0.2, 0) is 10.0 Å². The van der Waals surface area contributed by atoms with E-state index in [0.717, 1.165) is 4.90 Å². The lowest BCUT2D eigenvalue weighted by Gasteiger charge is -2.25. The molecule has 0 heterocycles. The van der Waals surface area contributed by atoms with Crippen molar-refractivity contribution in [3.8, 4) is 0 Å². The van der Waals surface area contributed by atoms with Crippen LogP contribution in [0, 0.1) is 0 Å². The smallest absolute Gasteiger partial charge is 0.207 e. The Morgan fingerprint density at radius 1 is 1.05 bits per heavy atom. The zero-order chi connectivity index (χ0) is 16.2. The van der Waals surface area contributed by atoms with E-state index in [9.17, 15) is 8.42 Å². The van der Waals surface area contributed by atoms with Gasteiger partial charge in [-0.1, -0.05) is 29.8 Å². The summed E-state index contributed by atoms with van der Waals surface area (Å²) in [6.45, 7) is 3.74. The van der Waals surface area contributed by atoms with Crippen molar-refractivity contribution in [2.24, 2.45) is 0 Å². The molecule has 6 heteroatoms. The second kappa shape index (κ2) is 7.04. The summed E-state index contributed by atoms with van der Waals surface area (Å²) in [5.74, 6) is 0.612. The van der Waals surface area contributed by atoms with Crippen LogP contribution in [0.5, 0.6) is 0 Å². The van der Waals surface area contributed by atoms with Crippen molar-refractivity contribution < 1.29 is 8.42 Å². The van der Waals surface area contributed by atoms with Gasteiger partial charge in [0.2, 0.25) is 10.0 Å². The van der Waals surface area contributed by atoms with Gasteiger partial charge in [0.1, 0.15) is 0 Å². The van der Waals surface area contributed by atoms with E-state index in [1.807, 2.05) is 38.1 Å². The van der Waals surface area contributed by atoms with E-state index in [2.05, 4.69) is 4.72 Å². The molecule has 0 radical (unpaired) electrons. The lowest BCUT2D eigenvalue weighted by Crippen LogP contribution is -2.45. The van der Waals surface area contributed by atoms with Crippen LogP contribution < -0.4 is 4.72 Å². The zero-order valence-corrected chi connectivity index (χ0v) is 14.8. The summed E-state index contributed by atoms with van der Waals surface area (Å²) >= 11 is 7.44. The SMILES string of the molecule is CC(C)(CSc1ccc(Cl)cc1)NS(=O)(=O)c1ccccc1. The number of hydrogen-bond acceptors (Lipinski definition) is 3. The Kier molecular flexibility index (Phi) is 5.55. The first kappa shape index (κ1) is 17.3. The molecule has 0 aromatic heterocycles. The molecule has 0 bridgehead atoms. The lowest BCUT2D eigenvalue weighted by molar-refractivity contribution is 0.498. The summed E-state index contributed by atoms with van der Waals surface area (Å²) in [7, 11) is -3.51. The Balaban J connectivity index is 2.03. The molecule has 118 valence electrons. The fraction of sp³-hybridized carbons (Fsp3) is 0.250. The maximum absolute atomic E-state index is 12.4. The van der Waals surface area contributed by atoms with Gasteiger partial charge in [-0.2, -0.15) is 0 Å². The first-order valence-electron chi connectivity index (χ1n) is 6.76. The van der Waals surface area contributed by atoms with Crippen LogP contribution in [0.25, 0.3) is 0 Å². The highest BCUT2D eigenvalue weighted by Crippen LogP contribution is 2.25. The van der Waals surface area contributed by atoms with Crippen LogP contribution >= 0.6 is 23.4 Å². The van der Waals surface area contributed by atoms with Gasteiger partial charge >= 0.3 is 0 Å². The normalized spacial score (nSPS) is 12.3. The molecule has 0 unspecified atom stereocenters. The standard InChI is InChI=1S/C16H18ClNO2S2/c1-16(2,12-21-14-10-8-13(17)9-11-14)18-22(19,20)15-6-4-3-5-7-15/h3-11,18H,12H2,1-2H3. The van der Waals surface area contributed by atoms with Crippen LogP contribution in [0.1, 0.15) is 13.8 Å². The Labute approximate surface area is 141 Å². The molecule has 2 aromatic carbocycles. The van der Waals surface area contributed by atoms with Crippen molar-refractivity contribution in [1.29, 1.82) is 0 Å². The van der Waals surface area contributed by atoms with Crippen LogP contribution in [0.3, 0.4) is 0 Å². The predicted molar refractivity (Wildman–Crippen MR) is 93.0 cm³/mol. The molecule has 22 heavy (non-hydrogen) atoms. The van der Waals surface area contributed by atoms with Gasteiger partial charge in [0, 0.05) is 21.2 Å². The second-order valence-electron chi connectivity index (χ2n) is 5.55. The van der Waals surface area contributed by atoms with E-state index in [1.165, 1.54) is 0 Å². The van der Waals surface area contributed by atoms with Gasteiger partial charge in [-0.15, -0.1) is 11.8 Å². The van der Waals surface area contributed by atoms with Crippen LogP contribution in [-0.4, -0.2) is 19.7 Å². The van der Waals surface area contributed by atoms with Gasteiger partial charge < -0.3 is 0 Å². The molecule has 0 atom stereocenters. The van der Waals surface area contributed by atoms with Gasteiger partial charge in [0.25, 0.3) is 0 Å². The second-order valence-corrected chi connectivity index (χ2v) is 8.71.